The van der Waals surface area contributed by atoms with Gasteiger partial charge in [-0.3, -0.25) is 9.69 Å². The van der Waals surface area contributed by atoms with Gasteiger partial charge in [0.05, 0.1) is 12.2 Å². The lowest BCUT2D eigenvalue weighted by atomic mass is 9.86. The van der Waals surface area contributed by atoms with Crippen LogP contribution in [0.25, 0.3) is 0 Å². The number of carbonyl (C=O) groups is 1. The Bertz CT molecular complexity index is 569. The molecule has 25 heavy (non-hydrogen) atoms. The van der Waals surface area contributed by atoms with E-state index in [0.29, 0.717) is 5.91 Å². The molecule has 0 unspecified atom stereocenters. The van der Waals surface area contributed by atoms with E-state index in [0.717, 1.165) is 57.4 Å². The summed E-state index contributed by atoms with van der Waals surface area (Å²) in [5.74, 6) is 1.95. The van der Waals surface area contributed by atoms with Crippen molar-refractivity contribution >= 4 is 17.2 Å². The highest BCUT2D eigenvalue weighted by atomic mass is 32.1. The highest BCUT2D eigenvalue weighted by Gasteiger charge is 2.27. The fourth-order valence-corrected chi connectivity index (χ4v) is 5.19. The molecule has 0 bridgehead atoms. The second-order valence-corrected chi connectivity index (χ2v) is 9.08. The van der Waals surface area contributed by atoms with Gasteiger partial charge in [-0.15, -0.1) is 11.3 Å². The van der Waals surface area contributed by atoms with Crippen molar-refractivity contribution in [3.8, 4) is 0 Å². The van der Waals surface area contributed by atoms with Crippen molar-refractivity contribution in [3.05, 3.63) is 16.1 Å². The average Bonchev–Trinajstić information content (AvgIpc) is 3.41. The summed E-state index contributed by atoms with van der Waals surface area (Å²) in [5, 5.41) is 3.50. The molecule has 1 aromatic rings. The van der Waals surface area contributed by atoms with E-state index in [1.54, 1.807) is 0 Å². The van der Waals surface area contributed by atoms with Gasteiger partial charge in [0, 0.05) is 43.9 Å². The highest BCUT2D eigenvalue weighted by molar-refractivity contribution is 7.09. The van der Waals surface area contributed by atoms with E-state index in [4.69, 9.17) is 4.98 Å². The number of hydrogen-bond donors (Lipinski definition) is 0. The van der Waals surface area contributed by atoms with E-state index in [-0.39, 0.29) is 0 Å². The number of rotatable bonds is 6. The van der Waals surface area contributed by atoms with E-state index in [2.05, 4.69) is 15.2 Å². The lowest BCUT2D eigenvalue weighted by molar-refractivity contribution is -0.133. The van der Waals surface area contributed by atoms with E-state index in [1.165, 1.54) is 55.6 Å². The topological polar surface area (TPSA) is 36.4 Å². The summed E-state index contributed by atoms with van der Waals surface area (Å²) in [7, 11) is 0. The van der Waals surface area contributed by atoms with Crippen LogP contribution >= 0.6 is 11.3 Å². The fraction of sp³-hybridized carbons (Fsp3) is 0.800. The Kier molecular flexibility index (Phi) is 5.71. The van der Waals surface area contributed by atoms with Gasteiger partial charge in [0.1, 0.15) is 5.01 Å². The van der Waals surface area contributed by atoms with E-state index in [9.17, 15) is 4.79 Å². The first-order chi connectivity index (χ1) is 12.3. The first kappa shape index (κ1) is 17.5. The lowest BCUT2D eigenvalue weighted by Crippen LogP contribution is -2.48. The maximum atomic E-state index is 12.5. The molecule has 2 saturated carbocycles. The molecule has 1 amide bonds. The van der Waals surface area contributed by atoms with Gasteiger partial charge in [0.2, 0.25) is 5.91 Å². The second-order valence-electron chi connectivity index (χ2n) is 8.14. The first-order valence-corrected chi connectivity index (χ1v) is 11.1. The third-order valence-corrected chi connectivity index (χ3v) is 6.99. The number of nitrogens with zero attached hydrogens (tertiary/aromatic N) is 3. The van der Waals surface area contributed by atoms with Crippen LogP contribution < -0.4 is 0 Å². The standard InChI is InChI=1S/C20H31N3OS/c24-20(9-6-16-4-2-1-3-5-16)23-12-10-22(11-13-23)14-19-21-18(15-25-19)17-7-8-17/h15-17H,1-14H2. The van der Waals surface area contributed by atoms with Crippen LogP contribution in [0.1, 0.15) is 74.4 Å². The van der Waals surface area contributed by atoms with E-state index < -0.39 is 0 Å². The largest absolute Gasteiger partial charge is 0.340 e. The van der Waals surface area contributed by atoms with Crippen LogP contribution in [0, 0.1) is 5.92 Å². The van der Waals surface area contributed by atoms with Gasteiger partial charge < -0.3 is 4.90 Å². The van der Waals surface area contributed by atoms with Crippen molar-refractivity contribution in [2.45, 2.75) is 70.3 Å². The molecule has 5 heteroatoms. The van der Waals surface area contributed by atoms with Gasteiger partial charge in [-0.05, 0) is 25.2 Å². The molecule has 2 aliphatic carbocycles. The van der Waals surface area contributed by atoms with Crippen LogP contribution in [0.4, 0.5) is 0 Å². The zero-order chi connectivity index (χ0) is 17.1. The summed E-state index contributed by atoms with van der Waals surface area (Å²) in [5.41, 5.74) is 1.32. The Hall–Kier alpha value is -0.940. The van der Waals surface area contributed by atoms with Crippen LogP contribution in [0.3, 0.4) is 0 Å². The SMILES string of the molecule is O=C(CCC1CCCCC1)N1CCN(Cc2nc(C3CC3)cs2)CC1. The maximum absolute atomic E-state index is 12.5. The minimum Gasteiger partial charge on any atom is -0.340 e. The predicted molar refractivity (Wildman–Crippen MR) is 102 cm³/mol. The number of thiazole rings is 1. The van der Waals surface area contributed by atoms with Crippen molar-refractivity contribution in [2.75, 3.05) is 26.2 Å². The molecular formula is C20H31N3OS. The Morgan fingerprint density at radius 3 is 2.56 bits per heavy atom. The van der Waals surface area contributed by atoms with Crippen LogP contribution in [-0.4, -0.2) is 46.9 Å². The minimum absolute atomic E-state index is 0.385. The minimum atomic E-state index is 0.385. The molecule has 0 N–H and O–H groups in total. The fourth-order valence-electron chi connectivity index (χ4n) is 4.27. The van der Waals surface area contributed by atoms with Crippen molar-refractivity contribution < 1.29 is 4.79 Å². The van der Waals surface area contributed by atoms with Gasteiger partial charge in [0.25, 0.3) is 0 Å². The molecule has 1 aliphatic heterocycles. The van der Waals surface area contributed by atoms with Gasteiger partial charge in [-0.25, -0.2) is 4.98 Å². The molecule has 4 rings (SSSR count). The predicted octanol–water partition coefficient (Wildman–Crippen LogP) is 4.03. The summed E-state index contributed by atoms with van der Waals surface area (Å²) in [6.07, 6.45) is 11.4. The molecule has 3 fully saturated rings. The van der Waals surface area contributed by atoms with E-state index in [1.807, 2.05) is 11.3 Å². The molecular weight excluding hydrogens is 330 g/mol. The van der Waals surface area contributed by atoms with Gasteiger partial charge in [-0.1, -0.05) is 32.1 Å². The Labute approximate surface area is 155 Å². The Morgan fingerprint density at radius 2 is 1.84 bits per heavy atom. The second kappa shape index (κ2) is 8.17. The van der Waals surface area contributed by atoms with Crippen molar-refractivity contribution in [1.29, 1.82) is 0 Å². The monoisotopic (exact) mass is 361 g/mol. The van der Waals surface area contributed by atoms with Crippen LogP contribution in [0.15, 0.2) is 5.38 Å². The number of piperazine rings is 1. The third kappa shape index (κ3) is 4.82. The smallest absolute Gasteiger partial charge is 0.222 e. The van der Waals surface area contributed by atoms with Gasteiger partial charge in [0.15, 0.2) is 0 Å². The summed E-state index contributed by atoms with van der Waals surface area (Å²) in [4.78, 5) is 21.8. The Morgan fingerprint density at radius 1 is 1.08 bits per heavy atom. The van der Waals surface area contributed by atoms with Crippen LogP contribution in [0.5, 0.6) is 0 Å². The summed E-state index contributed by atoms with van der Waals surface area (Å²) >= 11 is 1.81. The quantitative estimate of drug-likeness (QED) is 0.768. The average molecular weight is 362 g/mol. The van der Waals surface area contributed by atoms with Crippen LogP contribution in [-0.2, 0) is 11.3 Å². The first-order valence-electron chi connectivity index (χ1n) is 10.2. The number of aromatic nitrogens is 1. The summed E-state index contributed by atoms with van der Waals surface area (Å²) < 4.78 is 0. The highest BCUT2D eigenvalue weighted by Crippen LogP contribution is 2.40. The number of hydrogen-bond acceptors (Lipinski definition) is 4. The molecule has 3 aliphatic rings. The Balaban J connectivity index is 1.17. The molecule has 1 aromatic heterocycles. The number of amides is 1. The summed E-state index contributed by atoms with van der Waals surface area (Å²) in [6.45, 7) is 4.73. The maximum Gasteiger partial charge on any atom is 0.222 e. The van der Waals surface area contributed by atoms with Crippen molar-refractivity contribution in [2.24, 2.45) is 5.92 Å². The molecule has 4 nitrogen and oxygen atoms in total. The van der Waals surface area contributed by atoms with Crippen molar-refractivity contribution in [1.82, 2.24) is 14.8 Å². The number of carbonyl (C=O) groups excluding carboxylic acids is 1. The molecule has 1 saturated heterocycles. The van der Waals surface area contributed by atoms with E-state index >= 15 is 0 Å². The molecule has 2 heterocycles. The third-order valence-electron chi connectivity index (χ3n) is 6.14. The molecule has 0 radical (unpaired) electrons. The zero-order valence-electron chi connectivity index (χ0n) is 15.3. The molecule has 0 aromatic carbocycles. The van der Waals surface area contributed by atoms with Gasteiger partial charge in [-0.2, -0.15) is 0 Å². The zero-order valence-corrected chi connectivity index (χ0v) is 16.1. The normalized spacial score (nSPS) is 23.1. The van der Waals surface area contributed by atoms with Crippen molar-refractivity contribution in [3.63, 3.8) is 0 Å². The summed E-state index contributed by atoms with van der Waals surface area (Å²) in [6, 6.07) is 0. The molecule has 0 atom stereocenters. The van der Waals surface area contributed by atoms with Crippen LogP contribution in [0.2, 0.25) is 0 Å². The molecule has 0 spiro atoms. The molecule has 138 valence electrons. The lowest BCUT2D eigenvalue weighted by Gasteiger charge is -2.34. The van der Waals surface area contributed by atoms with Gasteiger partial charge >= 0.3 is 0 Å².